The molecule has 106 valence electrons. The van der Waals surface area contributed by atoms with E-state index in [0.29, 0.717) is 35.4 Å². The SMILES string of the molecule is CCNc1nnc(-c2ccc(Cl)cc2[N+](=O)[O-])n1CC. The van der Waals surface area contributed by atoms with E-state index < -0.39 is 4.92 Å². The molecule has 0 aliphatic carbocycles. The summed E-state index contributed by atoms with van der Waals surface area (Å²) in [5, 5.41) is 22.6. The van der Waals surface area contributed by atoms with Crippen LogP contribution in [0.4, 0.5) is 11.6 Å². The van der Waals surface area contributed by atoms with Gasteiger partial charge in [0.2, 0.25) is 5.95 Å². The molecule has 0 aliphatic heterocycles. The normalized spacial score (nSPS) is 10.6. The molecule has 1 N–H and O–H groups in total. The molecule has 0 bridgehead atoms. The summed E-state index contributed by atoms with van der Waals surface area (Å²) in [6.45, 7) is 5.17. The number of aromatic nitrogens is 3. The van der Waals surface area contributed by atoms with Crippen LogP contribution in [-0.2, 0) is 6.54 Å². The maximum Gasteiger partial charge on any atom is 0.281 e. The minimum atomic E-state index is -0.469. The average molecular weight is 296 g/mol. The summed E-state index contributed by atoms with van der Waals surface area (Å²) in [6, 6.07) is 4.51. The number of hydrogen-bond acceptors (Lipinski definition) is 5. The third-order valence-electron chi connectivity index (χ3n) is 2.80. The van der Waals surface area contributed by atoms with Gasteiger partial charge in [0.1, 0.15) is 0 Å². The van der Waals surface area contributed by atoms with E-state index in [4.69, 9.17) is 11.6 Å². The van der Waals surface area contributed by atoms with Crippen molar-refractivity contribution < 1.29 is 4.92 Å². The fourth-order valence-electron chi connectivity index (χ4n) is 1.94. The number of benzene rings is 1. The topological polar surface area (TPSA) is 85.9 Å². The van der Waals surface area contributed by atoms with Gasteiger partial charge in [0, 0.05) is 24.2 Å². The lowest BCUT2D eigenvalue weighted by Crippen LogP contribution is -2.07. The van der Waals surface area contributed by atoms with Gasteiger partial charge in [-0.2, -0.15) is 0 Å². The van der Waals surface area contributed by atoms with E-state index >= 15 is 0 Å². The van der Waals surface area contributed by atoms with Gasteiger partial charge in [-0.3, -0.25) is 14.7 Å². The van der Waals surface area contributed by atoms with Crippen molar-refractivity contribution in [1.82, 2.24) is 14.8 Å². The number of hydrogen-bond donors (Lipinski definition) is 1. The summed E-state index contributed by atoms with van der Waals surface area (Å²) in [4.78, 5) is 10.7. The van der Waals surface area contributed by atoms with Gasteiger partial charge in [-0.25, -0.2) is 0 Å². The van der Waals surface area contributed by atoms with Crippen molar-refractivity contribution in [3.8, 4) is 11.4 Å². The quantitative estimate of drug-likeness (QED) is 0.677. The molecule has 1 aromatic carbocycles. The number of anilines is 1. The van der Waals surface area contributed by atoms with Crippen LogP contribution >= 0.6 is 11.6 Å². The fourth-order valence-corrected chi connectivity index (χ4v) is 2.10. The summed E-state index contributed by atoms with van der Waals surface area (Å²) < 4.78 is 1.79. The molecule has 8 heteroatoms. The van der Waals surface area contributed by atoms with Crippen molar-refractivity contribution in [2.45, 2.75) is 20.4 Å². The van der Waals surface area contributed by atoms with Crippen LogP contribution in [0.5, 0.6) is 0 Å². The van der Waals surface area contributed by atoms with Crippen LogP contribution in [0.1, 0.15) is 13.8 Å². The summed E-state index contributed by atoms with van der Waals surface area (Å²) in [6.07, 6.45) is 0. The predicted molar refractivity (Wildman–Crippen MR) is 77.0 cm³/mol. The van der Waals surface area contributed by atoms with E-state index in [1.54, 1.807) is 16.7 Å². The number of nitro benzene ring substituents is 1. The molecule has 7 nitrogen and oxygen atoms in total. The highest BCUT2D eigenvalue weighted by Crippen LogP contribution is 2.32. The molecule has 0 saturated carbocycles. The summed E-state index contributed by atoms with van der Waals surface area (Å²) >= 11 is 5.82. The van der Waals surface area contributed by atoms with Crippen molar-refractivity contribution in [3.63, 3.8) is 0 Å². The van der Waals surface area contributed by atoms with Crippen molar-refractivity contribution in [1.29, 1.82) is 0 Å². The third-order valence-corrected chi connectivity index (χ3v) is 3.03. The summed E-state index contributed by atoms with van der Waals surface area (Å²) in [7, 11) is 0. The monoisotopic (exact) mass is 295 g/mol. The lowest BCUT2D eigenvalue weighted by molar-refractivity contribution is -0.384. The maximum absolute atomic E-state index is 11.2. The molecule has 20 heavy (non-hydrogen) atoms. The lowest BCUT2D eigenvalue weighted by Gasteiger charge is -2.08. The molecule has 0 fully saturated rings. The highest BCUT2D eigenvalue weighted by Gasteiger charge is 2.21. The average Bonchev–Trinajstić information content (AvgIpc) is 2.81. The van der Waals surface area contributed by atoms with Crippen LogP contribution in [0.2, 0.25) is 5.02 Å². The Labute approximate surface area is 120 Å². The third kappa shape index (κ3) is 2.57. The first-order valence-corrected chi connectivity index (χ1v) is 6.57. The second kappa shape index (κ2) is 5.87. The molecule has 0 saturated heterocycles. The van der Waals surface area contributed by atoms with Gasteiger partial charge in [0.25, 0.3) is 5.69 Å². The molecular formula is C12H14ClN5O2. The van der Waals surface area contributed by atoms with Crippen molar-refractivity contribution in [2.75, 3.05) is 11.9 Å². The highest BCUT2D eigenvalue weighted by molar-refractivity contribution is 6.30. The lowest BCUT2D eigenvalue weighted by atomic mass is 10.1. The molecule has 1 heterocycles. The van der Waals surface area contributed by atoms with E-state index in [9.17, 15) is 10.1 Å². The zero-order chi connectivity index (χ0) is 14.7. The molecule has 0 amide bonds. The minimum absolute atomic E-state index is 0.0809. The Morgan fingerprint density at radius 3 is 2.75 bits per heavy atom. The van der Waals surface area contributed by atoms with Gasteiger partial charge < -0.3 is 5.32 Å². The van der Waals surface area contributed by atoms with Gasteiger partial charge in [-0.15, -0.1) is 10.2 Å². The molecular weight excluding hydrogens is 282 g/mol. The molecule has 1 aromatic heterocycles. The van der Waals surface area contributed by atoms with Crippen LogP contribution in [-0.4, -0.2) is 26.2 Å². The number of nitro groups is 1. The van der Waals surface area contributed by atoms with Gasteiger partial charge in [-0.05, 0) is 26.0 Å². The Hall–Kier alpha value is -2.15. The zero-order valence-electron chi connectivity index (χ0n) is 11.1. The highest BCUT2D eigenvalue weighted by atomic mass is 35.5. The van der Waals surface area contributed by atoms with Crippen LogP contribution in [0, 0.1) is 10.1 Å². The first kappa shape index (κ1) is 14.3. The molecule has 0 atom stereocenters. The van der Waals surface area contributed by atoms with E-state index in [0.717, 1.165) is 0 Å². The number of nitrogens with zero attached hydrogens (tertiary/aromatic N) is 4. The van der Waals surface area contributed by atoms with E-state index in [-0.39, 0.29) is 5.69 Å². The Morgan fingerprint density at radius 1 is 1.40 bits per heavy atom. The molecule has 0 unspecified atom stereocenters. The number of nitrogens with one attached hydrogen (secondary N) is 1. The maximum atomic E-state index is 11.2. The molecule has 0 spiro atoms. The summed E-state index contributed by atoms with van der Waals surface area (Å²) in [5.74, 6) is 1.04. The number of halogens is 1. The Balaban J connectivity index is 2.59. The van der Waals surface area contributed by atoms with E-state index in [2.05, 4.69) is 15.5 Å². The fraction of sp³-hybridized carbons (Fsp3) is 0.333. The van der Waals surface area contributed by atoms with Crippen LogP contribution < -0.4 is 5.32 Å². The predicted octanol–water partition coefficient (Wildman–Crippen LogP) is 2.96. The van der Waals surface area contributed by atoms with Gasteiger partial charge in [0.15, 0.2) is 5.82 Å². The Morgan fingerprint density at radius 2 is 2.15 bits per heavy atom. The second-order valence-corrected chi connectivity index (χ2v) is 4.48. The van der Waals surface area contributed by atoms with Gasteiger partial charge in [0.05, 0.1) is 10.5 Å². The first-order chi connectivity index (χ1) is 9.58. The Bertz CT molecular complexity index is 641. The summed E-state index contributed by atoms with van der Waals surface area (Å²) in [5.41, 5.74) is 0.320. The minimum Gasteiger partial charge on any atom is -0.355 e. The van der Waals surface area contributed by atoms with Gasteiger partial charge >= 0.3 is 0 Å². The second-order valence-electron chi connectivity index (χ2n) is 4.04. The molecule has 0 aliphatic rings. The van der Waals surface area contributed by atoms with Crippen molar-refractivity contribution in [2.24, 2.45) is 0 Å². The Kier molecular flexibility index (Phi) is 4.19. The van der Waals surface area contributed by atoms with Crippen molar-refractivity contribution >= 4 is 23.2 Å². The van der Waals surface area contributed by atoms with Crippen molar-refractivity contribution in [3.05, 3.63) is 33.3 Å². The molecule has 2 aromatic rings. The van der Waals surface area contributed by atoms with E-state index in [1.807, 2.05) is 13.8 Å². The van der Waals surface area contributed by atoms with Crippen LogP contribution in [0.3, 0.4) is 0 Å². The van der Waals surface area contributed by atoms with E-state index in [1.165, 1.54) is 6.07 Å². The smallest absolute Gasteiger partial charge is 0.281 e. The first-order valence-electron chi connectivity index (χ1n) is 6.19. The van der Waals surface area contributed by atoms with Crippen LogP contribution in [0.15, 0.2) is 18.2 Å². The molecule has 0 radical (unpaired) electrons. The number of rotatable bonds is 5. The zero-order valence-corrected chi connectivity index (χ0v) is 11.9. The standard InChI is InChI=1S/C12H14ClN5O2/c1-3-14-12-16-15-11(17(12)4-2)9-6-5-8(13)7-10(9)18(19)20/h5-7H,3-4H2,1-2H3,(H,14,16). The van der Waals surface area contributed by atoms with Crippen LogP contribution in [0.25, 0.3) is 11.4 Å². The largest absolute Gasteiger partial charge is 0.355 e. The molecule has 2 rings (SSSR count). The van der Waals surface area contributed by atoms with Gasteiger partial charge in [-0.1, -0.05) is 11.6 Å².